The van der Waals surface area contributed by atoms with Crippen LogP contribution in [0.5, 0.6) is 0 Å². The zero-order valence-electron chi connectivity index (χ0n) is 15.1. The van der Waals surface area contributed by atoms with E-state index in [1.165, 1.54) is 64.7 Å². The summed E-state index contributed by atoms with van der Waals surface area (Å²) in [6, 6.07) is 0. The van der Waals surface area contributed by atoms with Gasteiger partial charge in [-0.05, 0) is 25.2 Å². The molecule has 0 aromatic rings. The predicted molar refractivity (Wildman–Crippen MR) is 91.4 cm³/mol. The maximum Gasteiger partial charge on any atom is 0.302 e. The fraction of sp³-hybridized carbons (Fsp3) is 0.947. The third kappa shape index (κ3) is 12.9. The van der Waals surface area contributed by atoms with Crippen LogP contribution in [0.25, 0.3) is 0 Å². The molecule has 0 heterocycles. The van der Waals surface area contributed by atoms with E-state index in [1.807, 2.05) is 6.92 Å². The molecule has 0 saturated heterocycles. The topological polar surface area (TPSA) is 26.3 Å². The summed E-state index contributed by atoms with van der Waals surface area (Å²) in [6.07, 6.45) is 13.5. The maximum absolute atomic E-state index is 10.9. The van der Waals surface area contributed by atoms with E-state index in [0.29, 0.717) is 5.92 Å². The van der Waals surface area contributed by atoms with Crippen LogP contribution in [-0.4, -0.2) is 12.1 Å². The van der Waals surface area contributed by atoms with Crippen LogP contribution in [0, 0.1) is 11.8 Å². The summed E-state index contributed by atoms with van der Waals surface area (Å²) < 4.78 is 5.24. The largest absolute Gasteiger partial charge is 0.463 e. The van der Waals surface area contributed by atoms with Crippen LogP contribution in [0.3, 0.4) is 0 Å². The molecule has 3 atom stereocenters. The summed E-state index contributed by atoms with van der Waals surface area (Å²) >= 11 is 0. The van der Waals surface area contributed by atoms with Gasteiger partial charge in [-0.1, -0.05) is 78.6 Å². The van der Waals surface area contributed by atoms with Gasteiger partial charge in [-0.2, -0.15) is 0 Å². The molecule has 0 aliphatic rings. The molecule has 0 fully saturated rings. The lowest BCUT2D eigenvalue weighted by Gasteiger charge is -2.20. The summed E-state index contributed by atoms with van der Waals surface area (Å²) in [6.45, 7) is 10.3. The van der Waals surface area contributed by atoms with Gasteiger partial charge in [0.2, 0.25) is 0 Å². The fourth-order valence-corrected chi connectivity index (χ4v) is 2.82. The molecule has 0 aliphatic heterocycles. The van der Waals surface area contributed by atoms with Gasteiger partial charge in [-0.3, -0.25) is 4.79 Å². The minimum Gasteiger partial charge on any atom is -0.463 e. The molecular weight excluding hydrogens is 260 g/mol. The van der Waals surface area contributed by atoms with Crippen molar-refractivity contribution >= 4 is 5.97 Å². The van der Waals surface area contributed by atoms with Gasteiger partial charge in [-0.15, -0.1) is 0 Å². The number of rotatable bonds is 13. The van der Waals surface area contributed by atoms with Crippen molar-refractivity contribution in [1.82, 2.24) is 0 Å². The molecule has 1 unspecified atom stereocenters. The minimum absolute atomic E-state index is 0.0522. The van der Waals surface area contributed by atoms with Gasteiger partial charge >= 0.3 is 5.97 Å². The second-order valence-electron chi connectivity index (χ2n) is 6.88. The number of hydrogen-bond acceptors (Lipinski definition) is 2. The molecule has 0 aliphatic carbocycles. The van der Waals surface area contributed by atoms with Gasteiger partial charge in [0.1, 0.15) is 6.10 Å². The average Bonchev–Trinajstić information content (AvgIpc) is 2.41. The van der Waals surface area contributed by atoms with E-state index in [2.05, 4.69) is 20.8 Å². The first-order valence-electron chi connectivity index (χ1n) is 9.14. The smallest absolute Gasteiger partial charge is 0.302 e. The molecule has 0 rings (SSSR count). The highest BCUT2D eigenvalue weighted by Crippen LogP contribution is 2.21. The zero-order chi connectivity index (χ0) is 16.1. The van der Waals surface area contributed by atoms with Crippen molar-refractivity contribution in [2.45, 2.75) is 105 Å². The molecule has 126 valence electrons. The van der Waals surface area contributed by atoms with E-state index in [0.717, 1.165) is 12.3 Å². The molecule has 2 nitrogen and oxygen atoms in total. The third-order valence-corrected chi connectivity index (χ3v) is 4.56. The summed E-state index contributed by atoms with van der Waals surface area (Å²) in [5, 5.41) is 0. The first-order valence-corrected chi connectivity index (χ1v) is 9.14. The Balaban J connectivity index is 3.51. The molecule has 0 N–H and O–H groups in total. The van der Waals surface area contributed by atoms with Gasteiger partial charge < -0.3 is 4.74 Å². The fourth-order valence-electron chi connectivity index (χ4n) is 2.82. The van der Waals surface area contributed by atoms with Crippen molar-refractivity contribution in [3.63, 3.8) is 0 Å². The van der Waals surface area contributed by atoms with Crippen molar-refractivity contribution in [2.75, 3.05) is 0 Å². The van der Waals surface area contributed by atoms with E-state index in [1.54, 1.807) is 0 Å². The Morgan fingerprint density at radius 2 is 1.43 bits per heavy atom. The van der Waals surface area contributed by atoms with Crippen molar-refractivity contribution in [3.8, 4) is 0 Å². The number of unbranched alkanes of at least 4 members (excludes halogenated alkanes) is 5. The van der Waals surface area contributed by atoms with Crippen LogP contribution in [-0.2, 0) is 9.53 Å². The highest BCUT2D eigenvalue weighted by atomic mass is 16.5. The lowest BCUT2D eigenvalue weighted by Crippen LogP contribution is -2.20. The number of carbonyl (C=O) groups is 1. The van der Waals surface area contributed by atoms with Crippen LogP contribution < -0.4 is 0 Å². The Hall–Kier alpha value is -0.530. The van der Waals surface area contributed by atoms with Crippen molar-refractivity contribution in [2.24, 2.45) is 11.8 Å². The van der Waals surface area contributed by atoms with Crippen LogP contribution in [0.15, 0.2) is 0 Å². The third-order valence-electron chi connectivity index (χ3n) is 4.56. The first kappa shape index (κ1) is 20.5. The SMILES string of the molecule is CCCCCCCCC(C)CCC[C@H](C)[C@@H](C)OC(C)=O. The van der Waals surface area contributed by atoms with E-state index in [-0.39, 0.29) is 12.1 Å². The normalized spacial score (nSPS) is 15.5. The van der Waals surface area contributed by atoms with Gasteiger partial charge in [0, 0.05) is 6.92 Å². The van der Waals surface area contributed by atoms with Crippen LogP contribution in [0.4, 0.5) is 0 Å². The Bertz CT molecular complexity index is 250. The number of ether oxygens (including phenoxy) is 1. The van der Waals surface area contributed by atoms with Gasteiger partial charge in [0.15, 0.2) is 0 Å². The summed E-state index contributed by atoms with van der Waals surface area (Å²) in [5.41, 5.74) is 0. The van der Waals surface area contributed by atoms with Crippen LogP contribution >= 0.6 is 0 Å². The second kappa shape index (κ2) is 13.2. The Morgan fingerprint density at radius 1 is 0.857 bits per heavy atom. The van der Waals surface area contributed by atoms with Gasteiger partial charge in [-0.25, -0.2) is 0 Å². The Kier molecular flexibility index (Phi) is 12.8. The number of hydrogen-bond donors (Lipinski definition) is 0. The van der Waals surface area contributed by atoms with Crippen LogP contribution in [0.2, 0.25) is 0 Å². The summed E-state index contributed by atoms with van der Waals surface area (Å²) in [5.74, 6) is 1.15. The maximum atomic E-state index is 10.9. The monoisotopic (exact) mass is 298 g/mol. The van der Waals surface area contributed by atoms with E-state index in [9.17, 15) is 4.79 Å². The Morgan fingerprint density at radius 3 is 2.05 bits per heavy atom. The van der Waals surface area contributed by atoms with Crippen molar-refractivity contribution in [1.29, 1.82) is 0 Å². The Labute approximate surface area is 133 Å². The molecule has 2 heteroatoms. The van der Waals surface area contributed by atoms with Crippen molar-refractivity contribution < 1.29 is 9.53 Å². The summed E-state index contributed by atoms with van der Waals surface area (Å²) in [4.78, 5) is 10.9. The lowest BCUT2D eigenvalue weighted by atomic mass is 9.92. The highest BCUT2D eigenvalue weighted by Gasteiger charge is 2.15. The van der Waals surface area contributed by atoms with Gasteiger partial charge in [0.25, 0.3) is 0 Å². The van der Waals surface area contributed by atoms with Crippen LogP contribution in [0.1, 0.15) is 98.8 Å². The molecule has 0 spiro atoms. The van der Waals surface area contributed by atoms with E-state index in [4.69, 9.17) is 4.74 Å². The van der Waals surface area contributed by atoms with E-state index < -0.39 is 0 Å². The predicted octanol–water partition coefficient (Wildman–Crippen LogP) is 6.13. The standard InChI is InChI=1S/C19H38O2/c1-6-7-8-9-10-11-13-16(2)14-12-15-17(3)18(4)21-19(5)20/h16-18H,6-15H2,1-5H3/t16?,17-,18+/m0/s1. The second-order valence-corrected chi connectivity index (χ2v) is 6.88. The van der Waals surface area contributed by atoms with Crippen molar-refractivity contribution in [3.05, 3.63) is 0 Å². The molecule has 0 saturated carbocycles. The minimum atomic E-state index is -0.161. The molecule has 0 aromatic heterocycles. The quantitative estimate of drug-likeness (QED) is 0.302. The molecule has 0 radical (unpaired) electrons. The first-order chi connectivity index (χ1) is 9.97. The molecule has 21 heavy (non-hydrogen) atoms. The number of esters is 1. The lowest BCUT2D eigenvalue weighted by molar-refractivity contribution is -0.147. The molecule has 0 amide bonds. The number of carbonyl (C=O) groups excluding carboxylic acids is 1. The molecular formula is C19H38O2. The molecule has 0 bridgehead atoms. The molecule has 0 aromatic carbocycles. The highest BCUT2D eigenvalue weighted by molar-refractivity contribution is 5.66. The zero-order valence-corrected chi connectivity index (χ0v) is 15.1. The average molecular weight is 299 g/mol. The van der Waals surface area contributed by atoms with E-state index >= 15 is 0 Å². The summed E-state index contributed by atoms with van der Waals surface area (Å²) in [7, 11) is 0. The van der Waals surface area contributed by atoms with Gasteiger partial charge in [0.05, 0.1) is 0 Å².